The molecule has 1 aromatic carbocycles. The first-order valence-corrected chi connectivity index (χ1v) is 8.78. The molecule has 2 aromatic heterocycles. The maximum absolute atomic E-state index is 9.76. The van der Waals surface area contributed by atoms with Gasteiger partial charge in [0.25, 0.3) is 0 Å². The van der Waals surface area contributed by atoms with Crippen LogP contribution in [0.5, 0.6) is 5.75 Å². The molecule has 0 saturated heterocycles. The van der Waals surface area contributed by atoms with E-state index in [1.54, 1.807) is 20.2 Å². The molecule has 0 amide bonds. The highest BCUT2D eigenvalue weighted by atomic mass is 16.5. The van der Waals surface area contributed by atoms with Gasteiger partial charge in [0.05, 0.1) is 36.8 Å². The highest BCUT2D eigenvalue weighted by Crippen LogP contribution is 2.25. The predicted octanol–water partition coefficient (Wildman–Crippen LogP) is 2.15. The standard InChI is InChI=1S/C19H23N5O2/c1-14(25)18-11-16-13-22(8-9-23(16)21-18)12-15-10-17(26-2)4-5-19(15)24-7-3-6-20-24/h3-7,10-11,14,25H,8-9,12-13H2,1-2H3/t14-/m0/s1. The lowest BCUT2D eigenvalue weighted by atomic mass is 10.1. The van der Waals surface area contributed by atoms with E-state index < -0.39 is 6.10 Å². The van der Waals surface area contributed by atoms with Gasteiger partial charge < -0.3 is 9.84 Å². The minimum absolute atomic E-state index is 0.536. The van der Waals surface area contributed by atoms with Crippen LogP contribution in [0.2, 0.25) is 0 Å². The lowest BCUT2D eigenvalue weighted by Gasteiger charge is -2.28. The van der Waals surface area contributed by atoms with Crippen LogP contribution in [0, 0.1) is 0 Å². The van der Waals surface area contributed by atoms with E-state index in [9.17, 15) is 5.11 Å². The van der Waals surface area contributed by atoms with E-state index in [2.05, 4.69) is 21.2 Å². The summed E-state index contributed by atoms with van der Waals surface area (Å²) in [6, 6.07) is 9.99. The normalized spacial score (nSPS) is 15.7. The number of hydrogen-bond acceptors (Lipinski definition) is 5. The molecule has 4 rings (SSSR count). The van der Waals surface area contributed by atoms with Gasteiger partial charge in [0, 0.05) is 32.0 Å². The van der Waals surface area contributed by atoms with Gasteiger partial charge in [-0.2, -0.15) is 10.2 Å². The van der Waals surface area contributed by atoms with Crippen LogP contribution in [-0.2, 0) is 19.6 Å². The van der Waals surface area contributed by atoms with Crippen LogP contribution in [0.25, 0.3) is 5.69 Å². The number of aromatic nitrogens is 4. The van der Waals surface area contributed by atoms with Crippen LogP contribution in [0.3, 0.4) is 0 Å². The third kappa shape index (κ3) is 3.23. The number of hydrogen-bond donors (Lipinski definition) is 1. The summed E-state index contributed by atoms with van der Waals surface area (Å²) in [5, 5.41) is 18.6. The maximum atomic E-state index is 9.76. The number of rotatable bonds is 5. The average Bonchev–Trinajstić information content (AvgIpc) is 3.31. The highest BCUT2D eigenvalue weighted by Gasteiger charge is 2.21. The van der Waals surface area contributed by atoms with E-state index in [0.29, 0.717) is 0 Å². The average molecular weight is 353 g/mol. The van der Waals surface area contributed by atoms with Crippen molar-refractivity contribution < 1.29 is 9.84 Å². The summed E-state index contributed by atoms with van der Waals surface area (Å²) in [4.78, 5) is 2.38. The van der Waals surface area contributed by atoms with E-state index in [1.807, 2.05) is 39.8 Å². The largest absolute Gasteiger partial charge is 0.497 e. The molecule has 0 saturated carbocycles. The summed E-state index contributed by atoms with van der Waals surface area (Å²) in [6.07, 6.45) is 3.20. The van der Waals surface area contributed by atoms with Gasteiger partial charge in [0.1, 0.15) is 5.75 Å². The smallest absolute Gasteiger partial charge is 0.119 e. The fraction of sp³-hybridized carbons (Fsp3) is 0.368. The third-order valence-electron chi connectivity index (χ3n) is 4.76. The number of nitrogens with zero attached hydrogens (tertiary/aromatic N) is 5. The van der Waals surface area contributed by atoms with Crippen molar-refractivity contribution in [3.63, 3.8) is 0 Å². The Hall–Kier alpha value is -2.64. The fourth-order valence-electron chi connectivity index (χ4n) is 3.37. The molecule has 136 valence electrons. The lowest BCUT2D eigenvalue weighted by molar-refractivity contribution is 0.189. The van der Waals surface area contributed by atoms with Gasteiger partial charge in [-0.1, -0.05) is 0 Å². The molecule has 26 heavy (non-hydrogen) atoms. The molecule has 0 radical (unpaired) electrons. The van der Waals surface area contributed by atoms with Crippen LogP contribution in [0.1, 0.15) is 30.0 Å². The van der Waals surface area contributed by atoms with Gasteiger partial charge in [0.2, 0.25) is 0 Å². The van der Waals surface area contributed by atoms with Crippen molar-refractivity contribution in [2.45, 2.75) is 32.7 Å². The molecule has 0 bridgehead atoms. The first-order valence-electron chi connectivity index (χ1n) is 8.78. The minimum Gasteiger partial charge on any atom is -0.497 e. The monoisotopic (exact) mass is 353 g/mol. The zero-order chi connectivity index (χ0) is 18.1. The zero-order valence-corrected chi connectivity index (χ0v) is 15.0. The number of methoxy groups -OCH3 is 1. The van der Waals surface area contributed by atoms with Gasteiger partial charge in [-0.15, -0.1) is 0 Å². The van der Waals surface area contributed by atoms with Gasteiger partial charge in [-0.05, 0) is 42.8 Å². The molecule has 0 aliphatic carbocycles. The quantitative estimate of drug-likeness (QED) is 0.761. The number of benzene rings is 1. The van der Waals surface area contributed by atoms with Crippen LogP contribution < -0.4 is 4.74 Å². The molecule has 1 atom stereocenters. The molecule has 3 heterocycles. The summed E-state index contributed by atoms with van der Waals surface area (Å²) >= 11 is 0. The van der Waals surface area contributed by atoms with Gasteiger partial charge in [-0.3, -0.25) is 9.58 Å². The van der Waals surface area contributed by atoms with Crippen molar-refractivity contribution in [2.24, 2.45) is 0 Å². The maximum Gasteiger partial charge on any atom is 0.119 e. The molecule has 1 aliphatic heterocycles. The van der Waals surface area contributed by atoms with E-state index in [4.69, 9.17) is 4.74 Å². The van der Waals surface area contributed by atoms with Crippen molar-refractivity contribution in [1.29, 1.82) is 0 Å². The second-order valence-corrected chi connectivity index (χ2v) is 6.62. The Labute approximate surface area is 152 Å². The summed E-state index contributed by atoms with van der Waals surface area (Å²) in [5.41, 5.74) is 4.09. The Bertz CT molecular complexity index is 885. The van der Waals surface area contributed by atoms with E-state index in [1.165, 1.54) is 0 Å². The van der Waals surface area contributed by atoms with Crippen molar-refractivity contribution in [3.8, 4) is 11.4 Å². The third-order valence-corrected chi connectivity index (χ3v) is 4.76. The van der Waals surface area contributed by atoms with Crippen molar-refractivity contribution in [2.75, 3.05) is 13.7 Å². The number of ether oxygens (including phenoxy) is 1. The fourth-order valence-corrected chi connectivity index (χ4v) is 3.37. The molecule has 0 spiro atoms. The highest BCUT2D eigenvalue weighted by molar-refractivity contribution is 5.45. The van der Waals surface area contributed by atoms with E-state index in [0.717, 1.165) is 54.6 Å². The first-order chi connectivity index (χ1) is 12.6. The first kappa shape index (κ1) is 16.8. The van der Waals surface area contributed by atoms with Crippen molar-refractivity contribution >= 4 is 0 Å². The zero-order valence-electron chi connectivity index (χ0n) is 15.0. The molecular formula is C19H23N5O2. The van der Waals surface area contributed by atoms with Crippen LogP contribution >= 0.6 is 0 Å². The number of aliphatic hydroxyl groups is 1. The van der Waals surface area contributed by atoms with E-state index in [-0.39, 0.29) is 0 Å². The van der Waals surface area contributed by atoms with Crippen LogP contribution in [0.15, 0.2) is 42.7 Å². The molecule has 0 unspecified atom stereocenters. The molecule has 0 fully saturated rings. The van der Waals surface area contributed by atoms with Gasteiger partial charge in [0.15, 0.2) is 0 Å². The lowest BCUT2D eigenvalue weighted by Crippen LogP contribution is -2.33. The Morgan fingerprint density at radius 2 is 2.15 bits per heavy atom. The Balaban J connectivity index is 1.59. The molecule has 7 heteroatoms. The van der Waals surface area contributed by atoms with E-state index >= 15 is 0 Å². The number of aliphatic hydroxyl groups excluding tert-OH is 1. The molecule has 7 nitrogen and oxygen atoms in total. The van der Waals surface area contributed by atoms with Crippen molar-refractivity contribution in [1.82, 2.24) is 24.5 Å². The van der Waals surface area contributed by atoms with Crippen LogP contribution in [-0.4, -0.2) is 43.2 Å². The van der Waals surface area contributed by atoms with Gasteiger partial charge in [-0.25, -0.2) is 4.68 Å². The summed E-state index contributed by atoms with van der Waals surface area (Å²) in [6.45, 7) is 5.07. The van der Waals surface area contributed by atoms with Crippen molar-refractivity contribution in [3.05, 3.63) is 59.7 Å². The Kier molecular flexibility index (Phi) is 4.48. The number of fused-ring (bicyclic) bond motifs is 1. The van der Waals surface area contributed by atoms with Crippen LogP contribution in [0.4, 0.5) is 0 Å². The Morgan fingerprint density at radius 1 is 1.27 bits per heavy atom. The summed E-state index contributed by atoms with van der Waals surface area (Å²) in [7, 11) is 1.68. The molecule has 1 aliphatic rings. The predicted molar refractivity (Wildman–Crippen MR) is 97.1 cm³/mol. The molecular weight excluding hydrogens is 330 g/mol. The van der Waals surface area contributed by atoms with Gasteiger partial charge >= 0.3 is 0 Å². The minimum atomic E-state index is -0.536. The topological polar surface area (TPSA) is 68.3 Å². The second kappa shape index (κ2) is 6.93. The molecule has 1 N–H and O–H groups in total. The SMILES string of the molecule is COc1ccc(-n2cccn2)c(CN2CCn3nc([C@H](C)O)cc3C2)c1. The molecule has 3 aromatic rings. The second-order valence-electron chi connectivity index (χ2n) is 6.62. The summed E-state index contributed by atoms with van der Waals surface area (Å²) < 4.78 is 9.29. The summed E-state index contributed by atoms with van der Waals surface area (Å²) in [5.74, 6) is 0.842. The Morgan fingerprint density at radius 3 is 2.88 bits per heavy atom.